The van der Waals surface area contributed by atoms with Crippen molar-refractivity contribution >= 4 is 46.6 Å². The van der Waals surface area contributed by atoms with Crippen molar-refractivity contribution in [1.29, 1.82) is 0 Å². The number of rotatable bonds is 14. The Labute approximate surface area is 422 Å². The zero-order chi connectivity index (χ0) is 54.4. The van der Waals surface area contributed by atoms with Crippen LogP contribution in [0.5, 0.6) is 5.75 Å². The van der Waals surface area contributed by atoms with Gasteiger partial charge in [0.2, 0.25) is 0 Å². The van der Waals surface area contributed by atoms with Gasteiger partial charge >= 0.3 is 24.3 Å². The Bertz CT molecular complexity index is 3490. The van der Waals surface area contributed by atoms with Crippen LogP contribution in [0.1, 0.15) is 56.9 Å². The molecule has 2 amide bonds. The van der Waals surface area contributed by atoms with Crippen molar-refractivity contribution in [2.24, 2.45) is 29.8 Å². The van der Waals surface area contributed by atoms with Crippen molar-refractivity contribution in [3.63, 3.8) is 0 Å². The lowest BCUT2D eigenvalue weighted by molar-refractivity contribution is -0.141. The molecule has 4 heterocycles. The molecule has 0 bridgehead atoms. The summed E-state index contributed by atoms with van der Waals surface area (Å²) in [5, 5.41) is 15.2. The molecule has 2 aliphatic heterocycles. The molecule has 2 aromatic heterocycles. The number of nitrogens with zero attached hydrogens (tertiary/aromatic N) is 4. The quantitative estimate of drug-likeness (QED) is 0.0493. The standard InChI is InChI=1S/C53H45F6N7O9/c1-25-20-34(52(54,55)56)40(48(69)65(25)3)29-14-10-27(11-15-29)22-38(50(71)72)63-47(68)44-45(74-5)33-24-31(18-19-37(33)62-44)75-51(73)39(64-46(67)43-42(60)32-8-6-7-9-36(32)61-43)23-28-12-16-30(17-13-28)41-35(53(57,58)59)21-26(2)66(4)49(41)70/h6-21,24,38-39,42,45H,22-23,60H2,1-5H3,(H,63,68)(H,64,67)(H,71,72). The fourth-order valence-electron chi connectivity index (χ4n) is 8.82. The number of alkyl halides is 6. The molecular formula is C53H45F6N7O9. The highest BCUT2D eigenvalue weighted by atomic mass is 19.4. The van der Waals surface area contributed by atoms with Gasteiger partial charge in [-0.1, -0.05) is 66.7 Å². The molecule has 0 spiro atoms. The van der Waals surface area contributed by atoms with E-state index in [1.54, 1.807) is 24.3 Å². The van der Waals surface area contributed by atoms with E-state index in [0.29, 0.717) is 22.4 Å². The smallest absolute Gasteiger partial charge is 0.417 e. The van der Waals surface area contributed by atoms with Crippen LogP contribution in [0, 0.1) is 13.8 Å². The number of hydrogen-bond acceptors (Lipinski definition) is 11. The van der Waals surface area contributed by atoms with Crippen LogP contribution in [0.2, 0.25) is 0 Å². The van der Waals surface area contributed by atoms with E-state index in [0.717, 1.165) is 21.3 Å². The first-order valence-corrected chi connectivity index (χ1v) is 22.8. The first-order chi connectivity index (χ1) is 35.4. The molecule has 5 N–H and O–H groups in total. The summed E-state index contributed by atoms with van der Waals surface area (Å²) in [6.07, 6.45) is -11.5. The Morgan fingerprint density at radius 3 is 1.63 bits per heavy atom. The van der Waals surface area contributed by atoms with Crippen LogP contribution in [0.4, 0.5) is 37.7 Å². The Morgan fingerprint density at radius 1 is 0.667 bits per heavy atom. The molecule has 0 fully saturated rings. The van der Waals surface area contributed by atoms with Gasteiger partial charge in [-0.25, -0.2) is 19.6 Å². The summed E-state index contributed by atoms with van der Waals surface area (Å²) < 4.78 is 98.1. The Morgan fingerprint density at radius 2 is 1.13 bits per heavy atom. The second-order valence-electron chi connectivity index (χ2n) is 17.9. The maximum Gasteiger partial charge on any atom is 0.417 e. The van der Waals surface area contributed by atoms with Crippen LogP contribution in [0.25, 0.3) is 22.3 Å². The number of carbonyl (C=O) groups is 4. The first kappa shape index (κ1) is 52.8. The highest BCUT2D eigenvalue weighted by molar-refractivity contribution is 6.43. The lowest BCUT2D eigenvalue weighted by Crippen LogP contribution is -2.48. The molecule has 4 aromatic carbocycles. The number of nitrogens with two attached hydrogens (primary N) is 1. The number of fused-ring (bicyclic) bond motifs is 2. The number of aromatic nitrogens is 2. The molecular weight excluding hydrogens is 993 g/mol. The van der Waals surface area contributed by atoms with Gasteiger partial charge in [-0.3, -0.25) is 19.2 Å². The van der Waals surface area contributed by atoms with E-state index in [2.05, 4.69) is 20.6 Å². The molecule has 75 heavy (non-hydrogen) atoms. The number of para-hydroxylation sites is 1. The van der Waals surface area contributed by atoms with Gasteiger partial charge in [0.05, 0.1) is 39.7 Å². The first-order valence-electron chi connectivity index (χ1n) is 22.8. The summed E-state index contributed by atoms with van der Waals surface area (Å²) >= 11 is 0. The van der Waals surface area contributed by atoms with E-state index in [4.69, 9.17) is 15.2 Å². The third-order valence-electron chi connectivity index (χ3n) is 13.0. The zero-order valence-electron chi connectivity index (χ0n) is 40.4. The number of carbonyl (C=O) groups excluding carboxylic acids is 3. The van der Waals surface area contributed by atoms with Crippen molar-refractivity contribution in [1.82, 2.24) is 19.8 Å². The van der Waals surface area contributed by atoms with E-state index < -0.39 is 93.7 Å². The molecule has 22 heteroatoms. The topological polar surface area (TPSA) is 226 Å². The van der Waals surface area contributed by atoms with Crippen molar-refractivity contribution in [2.45, 2.75) is 63.3 Å². The van der Waals surface area contributed by atoms with Gasteiger partial charge in [0, 0.05) is 56.6 Å². The second-order valence-corrected chi connectivity index (χ2v) is 17.9. The van der Waals surface area contributed by atoms with Crippen LogP contribution in [0.15, 0.2) is 123 Å². The molecule has 8 rings (SSSR count). The highest BCUT2D eigenvalue weighted by Gasteiger charge is 2.39. The number of aliphatic imine (C=N–C) groups is 2. The van der Waals surface area contributed by atoms with E-state index in [1.807, 2.05) is 0 Å². The SMILES string of the molecule is COC1C(C(=O)NC(Cc2ccc(-c3c(C(F)(F)F)cc(C)n(C)c3=O)cc2)C(=O)O)=Nc2ccc(OC(=O)C(Cc3ccc(-c4c(C(F)(F)F)cc(C)n(C)c4=O)cc3)NC(=O)C3=Nc4ccccc4C3N)cc21. The highest BCUT2D eigenvalue weighted by Crippen LogP contribution is 2.40. The van der Waals surface area contributed by atoms with Gasteiger partial charge in [0.15, 0.2) is 0 Å². The minimum Gasteiger partial charge on any atom is -0.480 e. The number of nitrogens with one attached hydrogen (secondary N) is 2. The van der Waals surface area contributed by atoms with Crippen molar-refractivity contribution in [3.05, 3.63) is 169 Å². The number of pyridine rings is 2. The molecule has 0 saturated heterocycles. The van der Waals surface area contributed by atoms with Gasteiger partial charge in [-0.2, -0.15) is 26.3 Å². The maximum absolute atomic E-state index is 14.2. The van der Waals surface area contributed by atoms with Crippen molar-refractivity contribution in [2.75, 3.05) is 7.11 Å². The molecule has 2 aliphatic rings. The van der Waals surface area contributed by atoms with Gasteiger partial charge in [-0.05, 0) is 72.5 Å². The van der Waals surface area contributed by atoms with Crippen molar-refractivity contribution in [3.8, 4) is 28.0 Å². The number of halogens is 6. The number of methoxy groups -OCH3 is 1. The maximum atomic E-state index is 14.2. The normalized spacial score (nSPS) is 15.8. The molecule has 4 unspecified atom stereocenters. The number of hydrogen-bond donors (Lipinski definition) is 4. The molecule has 388 valence electrons. The summed E-state index contributed by atoms with van der Waals surface area (Å²) in [4.78, 5) is 89.1. The lowest BCUT2D eigenvalue weighted by atomic mass is 9.97. The fraction of sp³-hybridized carbons (Fsp3) is 0.245. The Kier molecular flexibility index (Phi) is 14.4. The van der Waals surface area contributed by atoms with Crippen molar-refractivity contribution < 1.29 is 60.1 Å². The third kappa shape index (κ3) is 10.6. The summed E-state index contributed by atoms with van der Waals surface area (Å²) in [5.74, 6) is -4.37. The van der Waals surface area contributed by atoms with Crippen LogP contribution in [0.3, 0.4) is 0 Å². The van der Waals surface area contributed by atoms with E-state index in [1.165, 1.54) is 102 Å². The number of amides is 2. The number of aliphatic carboxylic acids is 1. The number of ether oxygens (including phenoxy) is 2. The van der Waals surface area contributed by atoms with Crippen LogP contribution < -0.4 is 32.2 Å². The predicted octanol–water partition coefficient (Wildman–Crippen LogP) is 7.08. The van der Waals surface area contributed by atoms with Gasteiger partial charge in [0.1, 0.15) is 35.4 Å². The largest absolute Gasteiger partial charge is 0.480 e. The average Bonchev–Trinajstić information content (AvgIpc) is 3.91. The minimum atomic E-state index is -4.86. The molecule has 16 nitrogen and oxygen atoms in total. The monoisotopic (exact) mass is 1040 g/mol. The molecule has 0 saturated carbocycles. The summed E-state index contributed by atoms with van der Waals surface area (Å²) in [7, 11) is 3.93. The van der Waals surface area contributed by atoms with E-state index in [-0.39, 0.29) is 63.8 Å². The van der Waals surface area contributed by atoms with Gasteiger partial charge < -0.3 is 40.1 Å². The van der Waals surface area contributed by atoms with E-state index >= 15 is 0 Å². The number of esters is 1. The van der Waals surface area contributed by atoms with Gasteiger partial charge in [-0.15, -0.1) is 0 Å². The summed E-state index contributed by atoms with van der Waals surface area (Å²) in [5.41, 5.74) is 2.91. The molecule has 6 aromatic rings. The van der Waals surface area contributed by atoms with Crippen LogP contribution >= 0.6 is 0 Å². The minimum absolute atomic E-state index is 0.0499. The molecule has 4 atom stereocenters. The zero-order valence-corrected chi connectivity index (χ0v) is 40.4. The predicted molar refractivity (Wildman–Crippen MR) is 262 cm³/mol. The van der Waals surface area contributed by atoms with Gasteiger partial charge in [0.25, 0.3) is 22.9 Å². The fourth-order valence-corrected chi connectivity index (χ4v) is 8.82. The summed E-state index contributed by atoms with van der Waals surface area (Å²) in [6, 6.07) is 19.1. The second kappa shape index (κ2) is 20.4. The molecule has 0 radical (unpaired) electrons. The molecule has 0 aliphatic carbocycles. The van der Waals surface area contributed by atoms with Crippen LogP contribution in [-0.4, -0.2) is 68.6 Å². The Hall–Kier alpha value is -8.50. The lowest BCUT2D eigenvalue weighted by Gasteiger charge is -2.20. The Balaban J connectivity index is 1.00. The number of carboxylic acid groups (broad SMARTS) is 1. The number of carboxylic acids is 1. The number of benzene rings is 4. The summed E-state index contributed by atoms with van der Waals surface area (Å²) in [6.45, 7) is 2.74. The van der Waals surface area contributed by atoms with E-state index in [9.17, 15) is 60.2 Å². The average molecular weight is 1040 g/mol. The number of aryl methyl sites for hydroxylation is 2. The third-order valence-corrected chi connectivity index (χ3v) is 13.0. The van der Waals surface area contributed by atoms with Crippen LogP contribution in [-0.2, 0) is 63.2 Å².